The Morgan fingerprint density at radius 1 is 1.40 bits per heavy atom. The summed E-state index contributed by atoms with van der Waals surface area (Å²) in [5, 5.41) is 0.408. The van der Waals surface area contributed by atoms with Gasteiger partial charge in [0, 0.05) is 11.5 Å². The molecule has 0 N–H and O–H groups in total. The molecule has 0 atom stereocenters. The van der Waals surface area contributed by atoms with Gasteiger partial charge in [-0.25, -0.2) is 0 Å². The number of halogens is 2. The van der Waals surface area contributed by atoms with E-state index in [1.165, 1.54) is 0 Å². The van der Waals surface area contributed by atoms with Crippen molar-refractivity contribution < 1.29 is 8.42 Å². The Hall–Kier alpha value is 0.360. The third kappa shape index (κ3) is 1.69. The molecule has 0 saturated carbocycles. The van der Waals surface area contributed by atoms with Crippen molar-refractivity contribution in [2.45, 2.75) is 6.42 Å². The molecule has 10 heavy (non-hydrogen) atoms. The molecule has 0 bridgehead atoms. The number of allylic oxidation sites excluding steroid dienone is 1. The summed E-state index contributed by atoms with van der Waals surface area (Å²) in [5.74, 6) is 0. The predicted molar refractivity (Wildman–Crippen MR) is 44.9 cm³/mol. The number of thioether (sulfide) groups is 1. The van der Waals surface area contributed by atoms with Crippen LogP contribution in [0.2, 0.25) is 0 Å². The SMILES string of the molecule is O=S(=O)=C1CC(Cl)=C(Cl)S1. The monoisotopic (exact) mass is 216 g/mol. The van der Waals surface area contributed by atoms with Crippen molar-refractivity contribution in [1.29, 1.82) is 0 Å². The van der Waals surface area contributed by atoms with Gasteiger partial charge in [0.05, 0.1) is 4.36 Å². The summed E-state index contributed by atoms with van der Waals surface area (Å²) in [6.45, 7) is 0. The molecular weight excluding hydrogens is 215 g/mol. The van der Waals surface area contributed by atoms with E-state index in [2.05, 4.69) is 0 Å². The summed E-state index contributed by atoms with van der Waals surface area (Å²) in [7, 11) is -2.16. The van der Waals surface area contributed by atoms with Crippen LogP contribution >= 0.6 is 35.0 Å². The van der Waals surface area contributed by atoms with Crippen molar-refractivity contribution in [3.63, 3.8) is 0 Å². The standard InChI is InChI=1S/C4H2Cl2O2S2/c5-2-1-3(10(7)8)9-4(2)6/h1H2. The first-order valence-corrected chi connectivity index (χ1v) is 4.93. The fourth-order valence-corrected chi connectivity index (χ4v) is 2.76. The van der Waals surface area contributed by atoms with E-state index in [0.717, 1.165) is 11.8 Å². The summed E-state index contributed by atoms with van der Waals surface area (Å²) < 4.78 is 21.2. The Balaban J connectivity index is 2.99. The predicted octanol–water partition coefficient (Wildman–Crippen LogP) is 1.78. The van der Waals surface area contributed by atoms with Crippen LogP contribution in [0.15, 0.2) is 9.40 Å². The van der Waals surface area contributed by atoms with Crippen LogP contribution in [-0.4, -0.2) is 12.6 Å². The molecule has 2 nitrogen and oxygen atoms in total. The zero-order valence-electron chi connectivity index (χ0n) is 4.60. The summed E-state index contributed by atoms with van der Waals surface area (Å²) in [5.41, 5.74) is 0. The quantitative estimate of drug-likeness (QED) is 0.580. The molecule has 0 unspecified atom stereocenters. The zero-order chi connectivity index (χ0) is 7.72. The Bertz CT molecular complexity index is 290. The summed E-state index contributed by atoms with van der Waals surface area (Å²) in [4.78, 5) is 0. The minimum Gasteiger partial charge on any atom is -0.184 e. The Morgan fingerprint density at radius 2 is 2.00 bits per heavy atom. The van der Waals surface area contributed by atoms with Crippen LogP contribution in [0.1, 0.15) is 6.42 Å². The molecule has 0 aromatic rings. The minimum absolute atomic E-state index is 0.251. The summed E-state index contributed by atoms with van der Waals surface area (Å²) in [6.07, 6.45) is 0.251. The van der Waals surface area contributed by atoms with E-state index in [-0.39, 0.29) is 10.6 Å². The van der Waals surface area contributed by atoms with Crippen molar-refractivity contribution in [3.8, 4) is 0 Å². The van der Waals surface area contributed by atoms with E-state index in [4.69, 9.17) is 23.2 Å². The minimum atomic E-state index is -2.16. The van der Waals surface area contributed by atoms with Crippen LogP contribution in [0.4, 0.5) is 0 Å². The Kier molecular flexibility index (Phi) is 2.68. The smallest absolute Gasteiger partial charge is 0.184 e. The third-order valence-electron chi connectivity index (χ3n) is 0.902. The van der Waals surface area contributed by atoms with Gasteiger partial charge in [-0.1, -0.05) is 35.0 Å². The molecular formula is C4H2Cl2O2S2. The molecule has 1 heterocycles. The van der Waals surface area contributed by atoms with Crippen LogP contribution in [0.5, 0.6) is 0 Å². The second kappa shape index (κ2) is 3.17. The van der Waals surface area contributed by atoms with Crippen LogP contribution in [0, 0.1) is 0 Å². The van der Waals surface area contributed by atoms with Gasteiger partial charge in [-0.2, -0.15) is 8.42 Å². The van der Waals surface area contributed by atoms with Gasteiger partial charge in [0.1, 0.15) is 4.20 Å². The van der Waals surface area contributed by atoms with Gasteiger partial charge in [0.25, 0.3) is 0 Å². The highest BCUT2D eigenvalue weighted by atomic mass is 35.5. The molecule has 6 heteroatoms. The fourth-order valence-electron chi connectivity index (χ4n) is 0.481. The molecule has 0 aromatic heterocycles. The van der Waals surface area contributed by atoms with E-state index in [9.17, 15) is 8.42 Å². The lowest BCUT2D eigenvalue weighted by molar-refractivity contribution is 0.627. The maximum atomic E-state index is 10.3. The molecule has 1 aliphatic heterocycles. The van der Waals surface area contributed by atoms with E-state index < -0.39 is 10.3 Å². The van der Waals surface area contributed by atoms with Gasteiger partial charge < -0.3 is 0 Å². The zero-order valence-corrected chi connectivity index (χ0v) is 7.74. The normalized spacial score (nSPS) is 18.4. The molecule has 1 aliphatic rings. The second-order valence-electron chi connectivity index (χ2n) is 1.56. The Morgan fingerprint density at radius 3 is 2.20 bits per heavy atom. The number of hydrogen-bond acceptors (Lipinski definition) is 3. The van der Waals surface area contributed by atoms with E-state index >= 15 is 0 Å². The summed E-state index contributed by atoms with van der Waals surface area (Å²) in [6, 6.07) is 0. The third-order valence-corrected chi connectivity index (χ3v) is 3.87. The largest absolute Gasteiger partial charge is 0.224 e. The lowest BCUT2D eigenvalue weighted by atomic mass is 10.5. The van der Waals surface area contributed by atoms with Crippen molar-refractivity contribution in [2.75, 3.05) is 0 Å². The molecule has 0 spiro atoms. The average molecular weight is 217 g/mol. The Labute approximate surface area is 73.7 Å². The molecule has 0 saturated heterocycles. The van der Waals surface area contributed by atoms with E-state index in [0.29, 0.717) is 9.40 Å². The van der Waals surface area contributed by atoms with E-state index in [1.54, 1.807) is 0 Å². The topological polar surface area (TPSA) is 34.1 Å². The molecule has 0 radical (unpaired) electrons. The van der Waals surface area contributed by atoms with Crippen molar-refractivity contribution >= 4 is 49.5 Å². The van der Waals surface area contributed by atoms with Crippen molar-refractivity contribution in [2.24, 2.45) is 0 Å². The molecule has 0 fully saturated rings. The first-order valence-electron chi connectivity index (χ1n) is 2.28. The molecule has 56 valence electrons. The molecule has 0 aromatic carbocycles. The molecule has 0 aliphatic carbocycles. The first-order chi connectivity index (χ1) is 4.61. The first kappa shape index (κ1) is 8.46. The second-order valence-corrected chi connectivity index (χ2v) is 4.95. The fraction of sp³-hybridized carbons (Fsp3) is 0.250. The van der Waals surface area contributed by atoms with Crippen molar-refractivity contribution in [3.05, 3.63) is 9.40 Å². The highest BCUT2D eigenvalue weighted by molar-refractivity contribution is 8.25. The van der Waals surface area contributed by atoms with Crippen LogP contribution in [-0.2, 0) is 10.3 Å². The van der Waals surface area contributed by atoms with E-state index in [1.807, 2.05) is 0 Å². The molecule has 0 amide bonds. The van der Waals surface area contributed by atoms with Gasteiger partial charge >= 0.3 is 0 Å². The number of hydrogen-bond donors (Lipinski definition) is 0. The highest BCUT2D eigenvalue weighted by Crippen LogP contribution is 2.37. The maximum absolute atomic E-state index is 10.3. The average Bonchev–Trinajstić information content (AvgIpc) is 2.13. The van der Waals surface area contributed by atoms with Crippen LogP contribution < -0.4 is 0 Å². The van der Waals surface area contributed by atoms with Crippen molar-refractivity contribution in [1.82, 2.24) is 0 Å². The maximum Gasteiger partial charge on any atom is 0.224 e. The van der Waals surface area contributed by atoms with Crippen LogP contribution in [0.25, 0.3) is 0 Å². The lowest BCUT2D eigenvalue weighted by Gasteiger charge is -1.80. The number of rotatable bonds is 0. The highest BCUT2D eigenvalue weighted by Gasteiger charge is 2.18. The lowest BCUT2D eigenvalue weighted by Crippen LogP contribution is -1.84. The molecule has 1 rings (SSSR count). The van der Waals surface area contributed by atoms with Gasteiger partial charge in [-0.05, 0) is 0 Å². The van der Waals surface area contributed by atoms with Crippen LogP contribution in [0.3, 0.4) is 0 Å². The summed E-state index contributed by atoms with van der Waals surface area (Å²) >= 11 is 12.1. The van der Waals surface area contributed by atoms with Gasteiger partial charge in [-0.3, -0.25) is 0 Å². The van der Waals surface area contributed by atoms with Gasteiger partial charge in [-0.15, -0.1) is 0 Å². The van der Waals surface area contributed by atoms with Gasteiger partial charge in [0.2, 0.25) is 10.3 Å². The van der Waals surface area contributed by atoms with Gasteiger partial charge in [0.15, 0.2) is 0 Å².